The third kappa shape index (κ3) is 2.28. The van der Waals surface area contributed by atoms with Crippen LogP contribution in [-0.4, -0.2) is 0 Å². The second-order valence-corrected chi connectivity index (χ2v) is 6.02. The first-order valence-corrected chi connectivity index (χ1v) is 8.01. The molecule has 0 nitrogen and oxygen atoms in total. The summed E-state index contributed by atoms with van der Waals surface area (Å²) in [7, 11) is 0. The van der Waals surface area contributed by atoms with Crippen LogP contribution in [0, 0.1) is 0 Å². The van der Waals surface area contributed by atoms with Gasteiger partial charge in [0.05, 0.1) is 0 Å². The Morgan fingerprint density at radius 3 is 2.15 bits per heavy atom. The van der Waals surface area contributed by atoms with Gasteiger partial charge in [0.15, 0.2) is 0 Å². The van der Waals surface area contributed by atoms with Gasteiger partial charge in [0.1, 0.15) is 0 Å². The topological polar surface area (TPSA) is 0 Å². The highest BCUT2D eigenvalue weighted by Gasteiger charge is 2.36. The number of hydrogen-bond acceptors (Lipinski definition) is 0. The number of rotatable bonds is 3. The predicted molar refractivity (Wildman–Crippen MR) is 86.1 cm³/mol. The van der Waals surface area contributed by atoms with E-state index in [9.17, 15) is 0 Å². The first kappa shape index (κ1) is 13.4. The lowest BCUT2D eigenvalue weighted by Gasteiger charge is -2.40. The van der Waals surface area contributed by atoms with Gasteiger partial charge in [-0.25, -0.2) is 0 Å². The summed E-state index contributed by atoms with van der Waals surface area (Å²) < 4.78 is 0. The number of aryl methyl sites for hydroxylation is 1. The van der Waals surface area contributed by atoms with Crippen LogP contribution in [0.5, 0.6) is 0 Å². The van der Waals surface area contributed by atoms with E-state index >= 15 is 0 Å². The molecule has 0 bridgehead atoms. The minimum Gasteiger partial charge on any atom is -0.0622 e. The molecule has 104 valence electrons. The van der Waals surface area contributed by atoms with Crippen molar-refractivity contribution < 1.29 is 0 Å². The minimum absolute atomic E-state index is 0.256. The summed E-state index contributed by atoms with van der Waals surface area (Å²) in [5.41, 5.74) is 4.87. The van der Waals surface area contributed by atoms with E-state index < -0.39 is 0 Å². The molecule has 1 aliphatic carbocycles. The molecule has 0 N–H and O–H groups in total. The molecule has 0 saturated heterocycles. The molecule has 0 heterocycles. The van der Waals surface area contributed by atoms with E-state index in [0.29, 0.717) is 0 Å². The molecule has 20 heavy (non-hydrogen) atoms. The van der Waals surface area contributed by atoms with Crippen LogP contribution in [0.15, 0.2) is 54.6 Å². The third-order valence-corrected chi connectivity index (χ3v) is 4.95. The Hall–Kier alpha value is -1.56. The van der Waals surface area contributed by atoms with Crippen molar-refractivity contribution in [2.75, 3.05) is 0 Å². The zero-order valence-corrected chi connectivity index (χ0v) is 12.4. The Morgan fingerprint density at radius 1 is 0.800 bits per heavy atom. The fraction of sp³-hybridized carbons (Fsp3) is 0.400. The first-order valence-electron chi connectivity index (χ1n) is 8.01. The Labute approximate surface area is 122 Å². The molecule has 0 atom stereocenters. The Balaban J connectivity index is 2.15. The molecule has 2 aromatic carbocycles. The van der Waals surface area contributed by atoms with Crippen molar-refractivity contribution in [2.45, 2.75) is 50.9 Å². The van der Waals surface area contributed by atoms with Crippen molar-refractivity contribution in [3.8, 4) is 0 Å². The molecule has 1 aliphatic rings. The molecule has 2 aromatic rings. The van der Waals surface area contributed by atoms with Crippen LogP contribution in [0.25, 0.3) is 0 Å². The molecular formula is C20H24. The first-order chi connectivity index (χ1) is 9.87. The fourth-order valence-electron chi connectivity index (χ4n) is 3.92. The quantitative estimate of drug-likeness (QED) is 0.686. The van der Waals surface area contributed by atoms with Crippen molar-refractivity contribution in [3.63, 3.8) is 0 Å². The van der Waals surface area contributed by atoms with Gasteiger partial charge in [0.2, 0.25) is 0 Å². The van der Waals surface area contributed by atoms with Gasteiger partial charge in [-0.05, 0) is 36.0 Å². The molecule has 0 amide bonds. The van der Waals surface area contributed by atoms with Crippen molar-refractivity contribution >= 4 is 0 Å². The van der Waals surface area contributed by atoms with Crippen LogP contribution < -0.4 is 0 Å². The molecule has 0 aliphatic heterocycles. The molecule has 0 aromatic heterocycles. The summed E-state index contributed by atoms with van der Waals surface area (Å²) in [6, 6.07) is 20.3. The fourth-order valence-corrected chi connectivity index (χ4v) is 3.92. The van der Waals surface area contributed by atoms with E-state index in [2.05, 4.69) is 61.5 Å². The molecule has 0 unspecified atom stereocenters. The maximum Gasteiger partial charge on any atom is 0.0205 e. The van der Waals surface area contributed by atoms with Crippen LogP contribution in [0.2, 0.25) is 0 Å². The zero-order valence-electron chi connectivity index (χ0n) is 12.4. The van der Waals surface area contributed by atoms with Crippen molar-refractivity contribution in [3.05, 3.63) is 71.3 Å². The lowest BCUT2D eigenvalue weighted by Crippen LogP contribution is -2.31. The normalized spacial score (nSPS) is 17.9. The average Bonchev–Trinajstić information content (AvgIpc) is 2.56. The highest BCUT2D eigenvalue weighted by Crippen LogP contribution is 2.45. The van der Waals surface area contributed by atoms with Gasteiger partial charge in [-0.3, -0.25) is 0 Å². The van der Waals surface area contributed by atoms with Gasteiger partial charge >= 0.3 is 0 Å². The standard InChI is InChI=1S/C20H24/c1-2-17-11-7-8-14-19(17)20(15-9-4-10-16-20)18-12-5-3-6-13-18/h3,5-8,11-14H,2,4,9-10,15-16H2,1H3. The largest absolute Gasteiger partial charge is 0.0622 e. The van der Waals surface area contributed by atoms with Crippen LogP contribution in [0.4, 0.5) is 0 Å². The average molecular weight is 264 g/mol. The summed E-state index contributed by atoms with van der Waals surface area (Å²) in [6.45, 7) is 2.28. The summed E-state index contributed by atoms with van der Waals surface area (Å²) >= 11 is 0. The van der Waals surface area contributed by atoms with Gasteiger partial charge in [-0.1, -0.05) is 80.8 Å². The van der Waals surface area contributed by atoms with Crippen LogP contribution in [0.3, 0.4) is 0 Å². The van der Waals surface area contributed by atoms with Crippen molar-refractivity contribution in [2.24, 2.45) is 0 Å². The molecule has 0 spiro atoms. The second kappa shape index (κ2) is 5.83. The highest BCUT2D eigenvalue weighted by atomic mass is 14.4. The minimum atomic E-state index is 0.256. The molecule has 0 radical (unpaired) electrons. The molecule has 1 fully saturated rings. The third-order valence-electron chi connectivity index (χ3n) is 4.95. The highest BCUT2D eigenvalue weighted by molar-refractivity contribution is 5.44. The summed E-state index contributed by atoms with van der Waals surface area (Å²) in [6.07, 6.45) is 7.83. The predicted octanol–water partition coefficient (Wildman–Crippen LogP) is 5.50. The smallest absolute Gasteiger partial charge is 0.0205 e. The number of benzene rings is 2. The lowest BCUT2D eigenvalue weighted by atomic mass is 9.64. The maximum absolute atomic E-state index is 2.37. The maximum atomic E-state index is 2.37. The van der Waals surface area contributed by atoms with Crippen molar-refractivity contribution in [1.29, 1.82) is 0 Å². The summed E-state index contributed by atoms with van der Waals surface area (Å²) in [5.74, 6) is 0. The Kier molecular flexibility index (Phi) is 3.91. The lowest BCUT2D eigenvalue weighted by molar-refractivity contribution is 0.344. The second-order valence-electron chi connectivity index (χ2n) is 6.02. The molecular weight excluding hydrogens is 240 g/mol. The van der Waals surface area contributed by atoms with Crippen LogP contribution >= 0.6 is 0 Å². The zero-order chi connectivity index (χ0) is 13.8. The van der Waals surface area contributed by atoms with Gasteiger partial charge in [-0.2, -0.15) is 0 Å². The van der Waals surface area contributed by atoms with E-state index in [1.807, 2.05) is 0 Å². The van der Waals surface area contributed by atoms with Gasteiger partial charge in [0.25, 0.3) is 0 Å². The van der Waals surface area contributed by atoms with E-state index in [1.54, 1.807) is 5.56 Å². The van der Waals surface area contributed by atoms with E-state index in [1.165, 1.54) is 43.2 Å². The van der Waals surface area contributed by atoms with E-state index in [4.69, 9.17) is 0 Å². The Bertz CT molecular complexity index is 547. The van der Waals surface area contributed by atoms with Gasteiger partial charge in [0, 0.05) is 5.41 Å². The number of hydrogen-bond donors (Lipinski definition) is 0. The monoisotopic (exact) mass is 264 g/mol. The van der Waals surface area contributed by atoms with Gasteiger partial charge < -0.3 is 0 Å². The van der Waals surface area contributed by atoms with Crippen LogP contribution in [-0.2, 0) is 11.8 Å². The summed E-state index contributed by atoms with van der Waals surface area (Å²) in [5, 5.41) is 0. The van der Waals surface area contributed by atoms with Crippen LogP contribution in [0.1, 0.15) is 55.7 Å². The Morgan fingerprint density at radius 2 is 1.45 bits per heavy atom. The molecule has 0 heteroatoms. The van der Waals surface area contributed by atoms with E-state index in [0.717, 1.165) is 6.42 Å². The van der Waals surface area contributed by atoms with Crippen molar-refractivity contribution in [1.82, 2.24) is 0 Å². The molecule has 1 saturated carbocycles. The summed E-state index contributed by atoms with van der Waals surface area (Å²) in [4.78, 5) is 0. The SMILES string of the molecule is CCc1ccccc1C1(c2ccccc2)CCCCC1. The van der Waals surface area contributed by atoms with Gasteiger partial charge in [-0.15, -0.1) is 0 Å². The molecule has 3 rings (SSSR count). The van der Waals surface area contributed by atoms with E-state index in [-0.39, 0.29) is 5.41 Å².